The molecule has 0 atom stereocenters. The first-order valence-corrected chi connectivity index (χ1v) is 7.80. The second-order valence-corrected chi connectivity index (χ2v) is 6.14. The monoisotopic (exact) mass is 310 g/mol. The normalized spacial score (nSPS) is 11.1. The standard InChI is InChI=1S/C13H11ClN2OS2/c1-18-13-16-12(15)11(19-13)10(17)7-4-8-2-5-9(14)6-3-8/h2-7H,15H2,1H3. The van der Waals surface area contributed by atoms with Crippen LogP contribution in [0.5, 0.6) is 0 Å². The van der Waals surface area contributed by atoms with Crippen molar-refractivity contribution in [3.63, 3.8) is 0 Å². The van der Waals surface area contributed by atoms with Gasteiger partial charge in [0.25, 0.3) is 0 Å². The van der Waals surface area contributed by atoms with E-state index in [0.717, 1.165) is 9.90 Å². The first kappa shape index (κ1) is 14.1. The third-order valence-corrected chi connectivity index (χ3v) is 4.65. The van der Waals surface area contributed by atoms with Crippen molar-refractivity contribution in [3.05, 3.63) is 45.8 Å². The second kappa shape index (κ2) is 6.23. The average molecular weight is 311 g/mol. The van der Waals surface area contributed by atoms with Gasteiger partial charge in [-0.25, -0.2) is 4.98 Å². The number of thiazole rings is 1. The molecule has 0 amide bonds. The van der Waals surface area contributed by atoms with Gasteiger partial charge in [0.05, 0.1) is 0 Å². The number of rotatable bonds is 4. The van der Waals surface area contributed by atoms with Gasteiger partial charge in [0.1, 0.15) is 10.7 Å². The lowest BCUT2D eigenvalue weighted by Gasteiger charge is -1.94. The fraction of sp³-hybridized carbons (Fsp3) is 0.0769. The highest BCUT2D eigenvalue weighted by atomic mass is 35.5. The Morgan fingerprint density at radius 1 is 1.42 bits per heavy atom. The number of benzene rings is 1. The largest absolute Gasteiger partial charge is 0.382 e. The van der Waals surface area contributed by atoms with Crippen molar-refractivity contribution in [2.45, 2.75) is 4.34 Å². The number of halogens is 1. The molecule has 0 bridgehead atoms. The smallest absolute Gasteiger partial charge is 0.199 e. The first-order chi connectivity index (χ1) is 9.10. The molecule has 1 aromatic heterocycles. The molecule has 0 radical (unpaired) electrons. The van der Waals surface area contributed by atoms with E-state index < -0.39 is 0 Å². The van der Waals surface area contributed by atoms with Gasteiger partial charge in [0, 0.05) is 5.02 Å². The molecule has 1 heterocycles. The van der Waals surface area contributed by atoms with E-state index in [4.69, 9.17) is 17.3 Å². The lowest BCUT2D eigenvalue weighted by atomic mass is 10.2. The van der Waals surface area contributed by atoms with Crippen LogP contribution in [0.3, 0.4) is 0 Å². The molecule has 19 heavy (non-hydrogen) atoms. The maximum Gasteiger partial charge on any atom is 0.199 e. The van der Waals surface area contributed by atoms with E-state index in [9.17, 15) is 4.79 Å². The Kier molecular flexibility index (Phi) is 4.63. The Morgan fingerprint density at radius 3 is 2.68 bits per heavy atom. The van der Waals surface area contributed by atoms with Crippen LogP contribution in [-0.4, -0.2) is 17.0 Å². The Balaban J connectivity index is 2.16. The minimum Gasteiger partial charge on any atom is -0.382 e. The van der Waals surface area contributed by atoms with Gasteiger partial charge in [-0.3, -0.25) is 4.79 Å². The summed E-state index contributed by atoms with van der Waals surface area (Å²) >= 11 is 8.58. The maximum absolute atomic E-state index is 12.0. The summed E-state index contributed by atoms with van der Waals surface area (Å²) < 4.78 is 0.792. The number of nitrogen functional groups attached to an aromatic ring is 1. The fourth-order valence-corrected chi connectivity index (χ4v) is 2.93. The second-order valence-electron chi connectivity index (χ2n) is 3.65. The van der Waals surface area contributed by atoms with Gasteiger partial charge in [0.15, 0.2) is 10.1 Å². The number of carbonyl (C=O) groups excluding carboxylic acids is 1. The SMILES string of the molecule is CSc1nc(N)c(C(=O)C=Cc2ccc(Cl)cc2)s1. The van der Waals surface area contributed by atoms with E-state index in [-0.39, 0.29) is 5.78 Å². The van der Waals surface area contributed by atoms with E-state index in [1.165, 1.54) is 29.2 Å². The Morgan fingerprint density at radius 2 is 2.11 bits per heavy atom. The molecule has 6 heteroatoms. The van der Waals surface area contributed by atoms with Crippen LogP contribution in [0.15, 0.2) is 34.7 Å². The minimum atomic E-state index is -0.134. The maximum atomic E-state index is 12.0. The summed E-state index contributed by atoms with van der Waals surface area (Å²) in [4.78, 5) is 16.6. The first-order valence-electron chi connectivity index (χ1n) is 5.38. The lowest BCUT2D eigenvalue weighted by Crippen LogP contribution is -1.96. The van der Waals surface area contributed by atoms with Crippen LogP contribution >= 0.6 is 34.7 Å². The highest BCUT2D eigenvalue weighted by molar-refractivity contribution is 8.00. The summed E-state index contributed by atoms with van der Waals surface area (Å²) in [6, 6.07) is 7.24. The lowest BCUT2D eigenvalue weighted by molar-refractivity contribution is 0.105. The Labute approximate surface area is 124 Å². The van der Waals surface area contributed by atoms with Gasteiger partial charge in [-0.15, -0.1) is 11.3 Å². The summed E-state index contributed by atoms with van der Waals surface area (Å²) in [5, 5.41) is 0.666. The quantitative estimate of drug-likeness (QED) is 0.527. The molecule has 2 N–H and O–H groups in total. The zero-order chi connectivity index (χ0) is 13.8. The number of thioether (sulfide) groups is 1. The third kappa shape index (κ3) is 3.59. The number of allylic oxidation sites excluding steroid dienone is 1. The highest BCUT2D eigenvalue weighted by Gasteiger charge is 2.13. The molecule has 0 unspecified atom stereocenters. The molecule has 2 aromatic rings. The van der Waals surface area contributed by atoms with E-state index >= 15 is 0 Å². The molecule has 0 saturated carbocycles. The zero-order valence-corrected chi connectivity index (χ0v) is 12.5. The molecule has 0 aliphatic heterocycles. The zero-order valence-electron chi connectivity index (χ0n) is 10.1. The van der Waals surface area contributed by atoms with Crippen molar-refractivity contribution in [1.29, 1.82) is 0 Å². The van der Waals surface area contributed by atoms with E-state index in [1.807, 2.05) is 18.4 Å². The topological polar surface area (TPSA) is 56.0 Å². The van der Waals surface area contributed by atoms with Crippen LogP contribution in [0.1, 0.15) is 15.2 Å². The summed E-state index contributed by atoms with van der Waals surface area (Å²) in [6.07, 6.45) is 5.13. The van der Waals surface area contributed by atoms with E-state index in [0.29, 0.717) is 15.7 Å². The summed E-state index contributed by atoms with van der Waals surface area (Å²) in [7, 11) is 0. The van der Waals surface area contributed by atoms with Crippen molar-refractivity contribution in [1.82, 2.24) is 4.98 Å². The van der Waals surface area contributed by atoms with E-state index in [1.54, 1.807) is 18.2 Å². The predicted octanol–water partition coefficient (Wildman–Crippen LogP) is 4.00. The number of carbonyl (C=O) groups is 1. The number of ketones is 1. The van der Waals surface area contributed by atoms with Crippen molar-refractivity contribution in [2.75, 3.05) is 12.0 Å². The fourth-order valence-electron chi connectivity index (χ4n) is 1.40. The number of hydrogen-bond donors (Lipinski definition) is 1. The molecule has 0 aliphatic rings. The van der Waals surface area contributed by atoms with Crippen molar-refractivity contribution in [3.8, 4) is 0 Å². The molecule has 3 nitrogen and oxygen atoms in total. The number of nitrogens with zero attached hydrogens (tertiary/aromatic N) is 1. The van der Waals surface area contributed by atoms with Gasteiger partial charge in [0.2, 0.25) is 0 Å². The molecule has 98 valence electrons. The number of hydrogen-bond acceptors (Lipinski definition) is 5. The molecular weight excluding hydrogens is 300 g/mol. The summed E-state index contributed by atoms with van der Waals surface area (Å²) in [5.41, 5.74) is 6.63. The van der Waals surface area contributed by atoms with Gasteiger partial charge in [-0.1, -0.05) is 41.6 Å². The molecule has 0 spiro atoms. The minimum absolute atomic E-state index is 0.134. The Bertz CT molecular complexity index is 620. The van der Waals surface area contributed by atoms with E-state index in [2.05, 4.69) is 4.98 Å². The van der Waals surface area contributed by atoms with Crippen LogP contribution in [0.4, 0.5) is 5.82 Å². The van der Waals surface area contributed by atoms with Gasteiger partial charge >= 0.3 is 0 Å². The molecule has 0 fully saturated rings. The molecule has 2 rings (SSSR count). The Hall–Kier alpha value is -1.30. The van der Waals surface area contributed by atoms with Crippen molar-refractivity contribution < 1.29 is 4.79 Å². The predicted molar refractivity (Wildman–Crippen MR) is 83.1 cm³/mol. The third-order valence-electron chi connectivity index (χ3n) is 2.33. The van der Waals surface area contributed by atoms with Crippen molar-refractivity contribution in [2.24, 2.45) is 0 Å². The molecule has 0 saturated heterocycles. The van der Waals surface area contributed by atoms with Crippen LogP contribution in [0, 0.1) is 0 Å². The van der Waals surface area contributed by atoms with Crippen LogP contribution in [0.25, 0.3) is 6.08 Å². The van der Waals surface area contributed by atoms with Gasteiger partial charge in [-0.05, 0) is 30.0 Å². The van der Waals surface area contributed by atoms with Crippen LogP contribution in [-0.2, 0) is 0 Å². The summed E-state index contributed by atoms with van der Waals surface area (Å²) in [6.45, 7) is 0. The molecule has 0 aliphatic carbocycles. The van der Waals surface area contributed by atoms with Crippen molar-refractivity contribution >= 4 is 52.4 Å². The van der Waals surface area contributed by atoms with Crippen LogP contribution in [0.2, 0.25) is 5.02 Å². The van der Waals surface area contributed by atoms with Crippen LogP contribution < -0.4 is 5.73 Å². The van der Waals surface area contributed by atoms with Gasteiger partial charge in [-0.2, -0.15) is 0 Å². The number of anilines is 1. The number of aromatic nitrogens is 1. The summed E-state index contributed by atoms with van der Waals surface area (Å²) in [5.74, 6) is 0.158. The number of nitrogens with two attached hydrogens (primary N) is 1. The molecular formula is C13H11ClN2OS2. The average Bonchev–Trinajstić information content (AvgIpc) is 2.79. The highest BCUT2D eigenvalue weighted by Crippen LogP contribution is 2.28. The molecule has 1 aromatic carbocycles. The van der Waals surface area contributed by atoms with Gasteiger partial charge < -0.3 is 5.73 Å².